The summed E-state index contributed by atoms with van der Waals surface area (Å²) in [5.74, 6) is -0.789. The average Bonchev–Trinajstić information content (AvgIpc) is 2.97. The highest BCUT2D eigenvalue weighted by molar-refractivity contribution is 9.09. The largest absolute Gasteiger partial charge is 0.452 e. The number of halogens is 2. The number of hydrogen-bond donors (Lipinski definition) is 0. The van der Waals surface area contributed by atoms with Crippen LogP contribution in [0.25, 0.3) is 0 Å². The van der Waals surface area contributed by atoms with Gasteiger partial charge in [-0.25, -0.2) is 9.59 Å². The van der Waals surface area contributed by atoms with Gasteiger partial charge < -0.3 is 14.3 Å². The number of aldehydes is 1. The van der Waals surface area contributed by atoms with Crippen molar-refractivity contribution in [1.29, 1.82) is 0 Å². The highest BCUT2D eigenvalue weighted by atomic mass is 79.9. The minimum absolute atomic E-state index is 0.0554. The average molecular weight is 655 g/mol. The molecule has 2 aromatic rings. The maximum atomic E-state index is 12.1. The van der Waals surface area contributed by atoms with Crippen LogP contribution in [0.2, 0.25) is 0 Å². The first-order valence-corrected chi connectivity index (χ1v) is 14.3. The maximum Gasteiger partial charge on any atom is 0.338 e. The van der Waals surface area contributed by atoms with Crippen LogP contribution in [0, 0.1) is 11.8 Å². The number of alkyl halides is 2. The Labute approximate surface area is 242 Å². The molecule has 0 aromatic heterocycles. The fourth-order valence-electron chi connectivity index (χ4n) is 3.34. The number of hydrogen-bond acceptors (Lipinski definition) is 7. The summed E-state index contributed by atoms with van der Waals surface area (Å²) in [6.07, 6.45) is 2.86. The van der Waals surface area contributed by atoms with E-state index in [2.05, 4.69) is 48.8 Å². The molecule has 38 heavy (non-hydrogen) atoms. The number of esters is 2. The molecular weight excluding hydrogens is 618 g/mol. The van der Waals surface area contributed by atoms with Crippen LogP contribution in [0.3, 0.4) is 0 Å². The van der Waals surface area contributed by atoms with Gasteiger partial charge in [0.05, 0.1) is 17.3 Å². The second kappa shape index (κ2) is 18.7. The molecule has 9 heteroatoms. The first-order valence-electron chi connectivity index (χ1n) is 12.5. The number of carbonyl (C=O) groups is 3. The Morgan fingerprint density at radius 3 is 1.55 bits per heavy atom. The van der Waals surface area contributed by atoms with Gasteiger partial charge in [0, 0.05) is 21.5 Å². The summed E-state index contributed by atoms with van der Waals surface area (Å²) in [7, 11) is 1.46. The topological polar surface area (TPSA) is 91.3 Å². The predicted octanol–water partition coefficient (Wildman–Crippen LogP) is 6.87. The Bertz CT molecular complexity index is 989. The zero-order chi connectivity index (χ0) is 28.5. The van der Waals surface area contributed by atoms with E-state index in [1.54, 1.807) is 48.5 Å². The molecule has 0 saturated carbocycles. The zero-order valence-corrected chi connectivity index (χ0v) is 25.6. The molecule has 2 aromatic carbocycles. The van der Waals surface area contributed by atoms with Crippen molar-refractivity contribution in [2.75, 3.05) is 7.11 Å². The fraction of sp³-hybridized carbons (Fsp3) is 0.448. The third kappa shape index (κ3) is 11.5. The first kappa shape index (κ1) is 33.5. The van der Waals surface area contributed by atoms with Crippen LogP contribution in [0.5, 0.6) is 0 Å². The van der Waals surface area contributed by atoms with E-state index >= 15 is 0 Å². The second-order valence-electron chi connectivity index (χ2n) is 8.61. The molecule has 0 unspecified atom stereocenters. The van der Waals surface area contributed by atoms with Crippen LogP contribution in [-0.2, 0) is 19.1 Å². The van der Waals surface area contributed by atoms with Crippen LogP contribution in [0.15, 0.2) is 65.8 Å². The monoisotopic (exact) mass is 653 g/mol. The van der Waals surface area contributed by atoms with Gasteiger partial charge in [0.25, 0.3) is 0 Å². The lowest BCUT2D eigenvalue weighted by molar-refractivity contribution is -0.117. The minimum atomic E-state index is -0.720. The lowest BCUT2D eigenvalue weighted by Gasteiger charge is -2.24. The van der Waals surface area contributed by atoms with Crippen LogP contribution in [-0.4, -0.2) is 53.4 Å². The van der Waals surface area contributed by atoms with Crippen molar-refractivity contribution in [1.82, 2.24) is 0 Å². The highest BCUT2D eigenvalue weighted by Gasteiger charge is 2.27. The Hall–Kier alpha value is -2.52. The van der Waals surface area contributed by atoms with Crippen LogP contribution < -0.4 is 0 Å². The molecule has 0 amide bonds. The summed E-state index contributed by atoms with van der Waals surface area (Å²) in [6.45, 7) is 7.98. The number of oxime groups is 1. The number of ether oxygens (including phenoxy) is 2. The van der Waals surface area contributed by atoms with Crippen LogP contribution in [0.4, 0.5) is 0 Å². The summed E-state index contributed by atoms with van der Waals surface area (Å²) in [6, 6.07) is 17.6. The van der Waals surface area contributed by atoms with Gasteiger partial charge >= 0.3 is 11.9 Å². The van der Waals surface area contributed by atoms with Crippen molar-refractivity contribution in [3.8, 4) is 0 Å². The SMILES string of the molecule is CC[C@H](Br)[C@@H](C)[C@H](C=NOC)OC(=O)c1ccccc1.CC[C@H](Br)[C@@H](C)[C@H](C=O)OC(=O)c1ccccc1. The first-order chi connectivity index (χ1) is 18.2. The molecule has 0 aliphatic rings. The predicted molar refractivity (Wildman–Crippen MR) is 157 cm³/mol. The fourth-order valence-corrected chi connectivity index (χ4v) is 3.94. The van der Waals surface area contributed by atoms with Crippen molar-refractivity contribution in [2.45, 2.75) is 62.4 Å². The number of rotatable bonds is 13. The van der Waals surface area contributed by atoms with Crippen molar-refractivity contribution in [3.05, 3.63) is 71.8 Å². The third-order valence-electron chi connectivity index (χ3n) is 5.91. The molecule has 6 atom stereocenters. The Balaban J connectivity index is 0.000000382. The van der Waals surface area contributed by atoms with Crippen LogP contribution in [0.1, 0.15) is 61.3 Å². The van der Waals surface area contributed by atoms with E-state index in [1.807, 2.05) is 32.9 Å². The molecule has 0 fully saturated rings. The summed E-state index contributed by atoms with van der Waals surface area (Å²) in [5, 5.41) is 3.73. The molecule has 2 rings (SSSR count). The van der Waals surface area contributed by atoms with Gasteiger partial charge in [-0.2, -0.15) is 0 Å². The standard InChI is InChI=1S/C15H20BrNO3.C14H17BrO3/c1-4-13(16)11(2)14(10-17-19-3)20-15(18)12-8-6-5-7-9-12;1-3-12(15)10(2)13(9-16)18-14(17)11-7-5-4-6-8-11/h5-11,13-14H,4H2,1-3H3;4-10,12-13H,3H2,1-2H3/t11-,13+,14+;10-,12+,13+/m11/s1. The van der Waals surface area contributed by atoms with E-state index in [0.29, 0.717) is 17.4 Å². The zero-order valence-electron chi connectivity index (χ0n) is 22.5. The summed E-state index contributed by atoms with van der Waals surface area (Å²) in [5.41, 5.74) is 0.984. The summed E-state index contributed by atoms with van der Waals surface area (Å²) >= 11 is 7.07. The minimum Gasteiger partial charge on any atom is -0.452 e. The molecule has 0 aliphatic heterocycles. The molecule has 0 spiro atoms. The highest BCUT2D eigenvalue weighted by Crippen LogP contribution is 2.23. The van der Waals surface area contributed by atoms with Gasteiger partial charge in [-0.05, 0) is 37.1 Å². The molecule has 0 saturated heterocycles. The van der Waals surface area contributed by atoms with Gasteiger partial charge in [0.1, 0.15) is 13.2 Å². The van der Waals surface area contributed by atoms with Crippen molar-refractivity contribution in [3.63, 3.8) is 0 Å². The smallest absolute Gasteiger partial charge is 0.338 e. The lowest BCUT2D eigenvalue weighted by Crippen LogP contribution is -2.32. The van der Waals surface area contributed by atoms with E-state index in [-0.39, 0.29) is 27.5 Å². The molecule has 7 nitrogen and oxygen atoms in total. The van der Waals surface area contributed by atoms with E-state index in [9.17, 15) is 14.4 Å². The lowest BCUT2D eigenvalue weighted by atomic mass is 10.00. The van der Waals surface area contributed by atoms with Gasteiger partial charge in [-0.15, -0.1) is 0 Å². The quantitative estimate of drug-likeness (QED) is 0.0769. The molecule has 0 heterocycles. The summed E-state index contributed by atoms with van der Waals surface area (Å²) < 4.78 is 10.8. The molecule has 208 valence electrons. The van der Waals surface area contributed by atoms with Gasteiger partial charge in [-0.3, -0.25) is 4.79 Å². The second-order valence-corrected chi connectivity index (χ2v) is 11.0. The number of benzene rings is 2. The number of nitrogens with zero attached hydrogens (tertiary/aromatic N) is 1. The summed E-state index contributed by atoms with van der Waals surface area (Å²) in [4.78, 5) is 40.0. The van der Waals surface area contributed by atoms with Crippen LogP contribution >= 0.6 is 31.9 Å². The Morgan fingerprint density at radius 2 is 1.18 bits per heavy atom. The van der Waals surface area contributed by atoms with Gasteiger partial charge in [-0.1, -0.05) is 101 Å². The van der Waals surface area contributed by atoms with E-state index in [0.717, 1.165) is 12.8 Å². The third-order valence-corrected chi connectivity index (χ3v) is 8.87. The van der Waals surface area contributed by atoms with E-state index in [1.165, 1.54) is 13.3 Å². The molecule has 0 radical (unpaired) electrons. The Morgan fingerprint density at radius 1 is 0.789 bits per heavy atom. The normalized spacial score (nSPS) is 15.6. The van der Waals surface area contributed by atoms with Crippen molar-refractivity contribution < 1.29 is 28.7 Å². The van der Waals surface area contributed by atoms with E-state index in [4.69, 9.17) is 9.47 Å². The molecule has 0 N–H and O–H groups in total. The molecule has 0 aliphatic carbocycles. The van der Waals surface area contributed by atoms with Gasteiger partial charge in [0.15, 0.2) is 12.4 Å². The van der Waals surface area contributed by atoms with Gasteiger partial charge in [0.2, 0.25) is 0 Å². The maximum absolute atomic E-state index is 12.1. The van der Waals surface area contributed by atoms with Crippen molar-refractivity contribution >= 4 is 56.3 Å². The number of carbonyl (C=O) groups excluding carboxylic acids is 3. The molecule has 0 bridgehead atoms. The molecular formula is C29H37Br2NO6. The Kier molecular flexibility index (Phi) is 16.5. The van der Waals surface area contributed by atoms with E-state index < -0.39 is 18.2 Å². The van der Waals surface area contributed by atoms with Crippen molar-refractivity contribution in [2.24, 2.45) is 17.0 Å².